The maximum atomic E-state index is 3.12. The summed E-state index contributed by atoms with van der Waals surface area (Å²) in [5.41, 5.74) is 1.36. The molecule has 1 aromatic rings. The van der Waals surface area contributed by atoms with Crippen LogP contribution in [0.3, 0.4) is 0 Å². The van der Waals surface area contributed by atoms with E-state index in [4.69, 9.17) is 0 Å². The van der Waals surface area contributed by atoms with Crippen molar-refractivity contribution in [3.05, 3.63) is 35.9 Å². The van der Waals surface area contributed by atoms with Crippen LogP contribution < -0.4 is 0 Å². The van der Waals surface area contributed by atoms with Crippen molar-refractivity contribution in [1.29, 1.82) is 0 Å². The normalized spacial score (nSPS) is 10.9. The Morgan fingerprint density at radius 3 is 2.80 bits per heavy atom. The first-order chi connectivity index (χ1) is 7.33. The molecule has 0 aromatic heterocycles. The van der Waals surface area contributed by atoms with Crippen molar-refractivity contribution in [2.24, 2.45) is 0 Å². The number of nitrogens with zero attached hydrogens (tertiary/aromatic N) is 1. The number of rotatable bonds is 7. The molecule has 15 heavy (non-hydrogen) atoms. The molecule has 0 saturated carbocycles. The molecule has 0 heterocycles. The molecular formula is C14H22N. The van der Waals surface area contributed by atoms with Crippen molar-refractivity contribution in [1.82, 2.24) is 4.90 Å². The van der Waals surface area contributed by atoms with Gasteiger partial charge in [-0.15, -0.1) is 0 Å². The van der Waals surface area contributed by atoms with Crippen molar-refractivity contribution < 1.29 is 0 Å². The van der Waals surface area contributed by atoms with Crippen molar-refractivity contribution >= 4 is 0 Å². The number of hydrogen-bond donors (Lipinski definition) is 0. The highest BCUT2D eigenvalue weighted by atomic mass is 15.1. The molecule has 0 aliphatic carbocycles. The Balaban J connectivity index is 2.16. The summed E-state index contributed by atoms with van der Waals surface area (Å²) in [6.07, 6.45) is 5.37. The fourth-order valence-electron chi connectivity index (χ4n) is 1.73. The van der Waals surface area contributed by atoms with Crippen LogP contribution in [0.1, 0.15) is 38.2 Å². The molecule has 1 heteroatoms. The Morgan fingerprint density at radius 1 is 1.27 bits per heavy atom. The van der Waals surface area contributed by atoms with E-state index in [9.17, 15) is 0 Å². The summed E-state index contributed by atoms with van der Waals surface area (Å²) in [7, 11) is 2.19. The van der Waals surface area contributed by atoms with E-state index in [0.29, 0.717) is 0 Å². The molecule has 83 valence electrons. The lowest BCUT2D eigenvalue weighted by Crippen LogP contribution is -2.18. The van der Waals surface area contributed by atoms with Crippen molar-refractivity contribution in [3.63, 3.8) is 0 Å². The zero-order valence-electron chi connectivity index (χ0n) is 10.00. The third-order valence-corrected chi connectivity index (χ3v) is 2.62. The summed E-state index contributed by atoms with van der Waals surface area (Å²) in [5, 5.41) is 0. The van der Waals surface area contributed by atoms with Gasteiger partial charge in [0.15, 0.2) is 0 Å². The fourth-order valence-corrected chi connectivity index (χ4v) is 1.73. The zero-order chi connectivity index (χ0) is 10.9. The molecule has 0 atom stereocenters. The monoisotopic (exact) mass is 204 g/mol. The van der Waals surface area contributed by atoms with Crippen molar-refractivity contribution in [2.45, 2.75) is 39.2 Å². The second kappa shape index (κ2) is 7.47. The SMILES string of the molecule is CCCCCCN(C)Cc1c[c]ccc1. The van der Waals surface area contributed by atoms with Crippen LogP contribution in [0.25, 0.3) is 0 Å². The molecule has 0 fully saturated rings. The Morgan fingerprint density at radius 2 is 2.13 bits per heavy atom. The molecule has 0 aliphatic heterocycles. The molecule has 0 unspecified atom stereocenters. The Hall–Kier alpha value is -0.820. The largest absolute Gasteiger partial charge is 0.302 e. The van der Waals surface area contributed by atoms with Gasteiger partial charge in [0.2, 0.25) is 0 Å². The first-order valence-corrected chi connectivity index (χ1v) is 5.96. The van der Waals surface area contributed by atoms with Gasteiger partial charge in [-0.25, -0.2) is 0 Å². The highest BCUT2D eigenvalue weighted by Gasteiger charge is 1.98. The number of hydrogen-bond acceptors (Lipinski definition) is 1. The molecule has 1 rings (SSSR count). The minimum absolute atomic E-state index is 1.05. The maximum Gasteiger partial charge on any atom is 0.0230 e. The fraction of sp³-hybridized carbons (Fsp3) is 0.571. The third kappa shape index (κ3) is 5.58. The summed E-state index contributed by atoms with van der Waals surface area (Å²) in [6, 6.07) is 11.4. The lowest BCUT2D eigenvalue weighted by molar-refractivity contribution is 0.317. The second-order valence-corrected chi connectivity index (χ2v) is 4.21. The average Bonchev–Trinajstić information content (AvgIpc) is 2.26. The Bertz CT molecular complexity index is 243. The average molecular weight is 204 g/mol. The molecule has 0 amide bonds. The van der Waals surface area contributed by atoms with Crippen LogP contribution >= 0.6 is 0 Å². The van der Waals surface area contributed by atoms with E-state index >= 15 is 0 Å². The van der Waals surface area contributed by atoms with E-state index in [1.807, 2.05) is 6.07 Å². The minimum atomic E-state index is 1.05. The van der Waals surface area contributed by atoms with Gasteiger partial charge in [0.05, 0.1) is 0 Å². The van der Waals surface area contributed by atoms with Gasteiger partial charge in [0.1, 0.15) is 0 Å². The lowest BCUT2D eigenvalue weighted by Gasteiger charge is -2.16. The van der Waals surface area contributed by atoms with Crippen LogP contribution in [0.15, 0.2) is 24.3 Å². The topological polar surface area (TPSA) is 3.24 Å². The van der Waals surface area contributed by atoms with E-state index in [1.54, 1.807) is 0 Å². The highest BCUT2D eigenvalue weighted by Crippen LogP contribution is 2.05. The standard InChI is InChI=1S/C14H22N/c1-3-4-5-9-12-15(2)13-14-10-7-6-8-11-14/h6-7,10-11H,3-5,9,12-13H2,1-2H3. The van der Waals surface area contributed by atoms with Gasteiger partial charge >= 0.3 is 0 Å². The molecule has 0 bridgehead atoms. The minimum Gasteiger partial charge on any atom is -0.302 e. The summed E-state index contributed by atoms with van der Waals surface area (Å²) in [4.78, 5) is 2.39. The Kier molecular flexibility index (Phi) is 6.10. The maximum absolute atomic E-state index is 3.12. The van der Waals surface area contributed by atoms with Gasteiger partial charge < -0.3 is 4.90 Å². The predicted octanol–water partition coefficient (Wildman–Crippen LogP) is 3.50. The smallest absolute Gasteiger partial charge is 0.0230 e. The van der Waals surface area contributed by atoms with Gasteiger partial charge in [0, 0.05) is 6.54 Å². The summed E-state index contributed by atoms with van der Waals surface area (Å²) in [5.74, 6) is 0. The molecule has 1 nitrogen and oxygen atoms in total. The first-order valence-electron chi connectivity index (χ1n) is 5.96. The molecule has 0 aliphatic rings. The molecule has 1 radical (unpaired) electrons. The number of unbranched alkanes of at least 4 members (excludes halogenated alkanes) is 3. The quantitative estimate of drug-likeness (QED) is 0.614. The molecular weight excluding hydrogens is 182 g/mol. The van der Waals surface area contributed by atoms with Crippen LogP contribution in [0.2, 0.25) is 0 Å². The van der Waals surface area contributed by atoms with Gasteiger partial charge in [-0.2, -0.15) is 0 Å². The van der Waals surface area contributed by atoms with E-state index < -0.39 is 0 Å². The van der Waals surface area contributed by atoms with Gasteiger partial charge in [-0.1, -0.05) is 44.4 Å². The predicted molar refractivity (Wildman–Crippen MR) is 65.8 cm³/mol. The van der Waals surface area contributed by atoms with E-state index in [-0.39, 0.29) is 0 Å². The van der Waals surface area contributed by atoms with Crippen LogP contribution in [-0.4, -0.2) is 18.5 Å². The molecule has 0 N–H and O–H groups in total. The lowest BCUT2D eigenvalue weighted by atomic mass is 10.2. The summed E-state index contributed by atoms with van der Waals surface area (Å²) in [6.45, 7) is 4.50. The molecule has 1 aromatic carbocycles. The zero-order valence-corrected chi connectivity index (χ0v) is 10.00. The second-order valence-electron chi connectivity index (χ2n) is 4.21. The first kappa shape index (κ1) is 12.3. The van der Waals surface area contributed by atoms with E-state index in [0.717, 1.165) is 6.54 Å². The summed E-state index contributed by atoms with van der Waals surface area (Å²) >= 11 is 0. The van der Waals surface area contributed by atoms with Crippen LogP contribution in [0.4, 0.5) is 0 Å². The third-order valence-electron chi connectivity index (χ3n) is 2.62. The molecule has 0 spiro atoms. The van der Waals surface area contributed by atoms with E-state index in [1.165, 1.54) is 37.8 Å². The van der Waals surface area contributed by atoms with Crippen molar-refractivity contribution in [2.75, 3.05) is 13.6 Å². The van der Waals surface area contributed by atoms with Gasteiger partial charge in [0.25, 0.3) is 0 Å². The summed E-state index contributed by atoms with van der Waals surface area (Å²) < 4.78 is 0. The Labute approximate surface area is 94.1 Å². The van der Waals surface area contributed by atoms with E-state index in [2.05, 4.69) is 43.1 Å². The van der Waals surface area contributed by atoms with Crippen molar-refractivity contribution in [3.8, 4) is 0 Å². The van der Waals surface area contributed by atoms with Crippen LogP contribution in [-0.2, 0) is 6.54 Å². The van der Waals surface area contributed by atoms with Gasteiger partial charge in [-0.3, -0.25) is 0 Å². The van der Waals surface area contributed by atoms with Crippen LogP contribution in [0, 0.1) is 6.07 Å². The number of benzene rings is 1. The molecule has 0 saturated heterocycles. The van der Waals surface area contributed by atoms with Crippen LogP contribution in [0.5, 0.6) is 0 Å². The van der Waals surface area contributed by atoms with Gasteiger partial charge in [-0.05, 0) is 37.7 Å². The highest BCUT2D eigenvalue weighted by molar-refractivity contribution is 5.13.